The number of aromatic nitrogens is 8. The summed E-state index contributed by atoms with van der Waals surface area (Å²) in [6.07, 6.45) is 22.8. The average molecular weight is 2060 g/mol. The smallest absolute Gasteiger partial charge is 0.417 e. The van der Waals surface area contributed by atoms with Crippen LogP contribution >= 0.6 is 34.3 Å². The molecule has 0 unspecified atom stereocenters. The number of aryl methyl sites for hydroxylation is 2. The lowest BCUT2D eigenvalue weighted by atomic mass is 9.98. The molecule has 8 aromatic heterocycles. The second-order valence-electron chi connectivity index (χ2n) is 36.2. The summed E-state index contributed by atoms with van der Waals surface area (Å²) in [5.74, 6) is 0.384. The van der Waals surface area contributed by atoms with Crippen molar-refractivity contribution in [1.29, 1.82) is 0 Å². The van der Waals surface area contributed by atoms with Crippen molar-refractivity contribution in [2.75, 3.05) is 61.1 Å². The number of nitrogens with zero attached hydrogens (tertiary/aromatic N) is 13. The fourth-order valence-corrected chi connectivity index (χ4v) is 19.9. The van der Waals surface area contributed by atoms with Gasteiger partial charge in [0, 0.05) is 102 Å². The molecular formula is C105H117ClF4N18O14S3. The molecule has 5 N–H and O–H groups in total. The summed E-state index contributed by atoms with van der Waals surface area (Å²) in [4.78, 5) is 118. The molecule has 3 aliphatic heterocycles. The van der Waals surface area contributed by atoms with Crippen LogP contribution in [0.3, 0.4) is 0 Å². The molecule has 3 aliphatic carbocycles. The first kappa shape index (κ1) is 106. The highest BCUT2D eigenvalue weighted by Gasteiger charge is 2.41. The molecule has 3 saturated carbocycles. The molecule has 4 aromatic carbocycles. The van der Waals surface area contributed by atoms with E-state index in [1.54, 1.807) is 63.4 Å². The molecule has 0 bridgehead atoms. The number of halogens is 5. The third-order valence-corrected chi connectivity index (χ3v) is 29.5. The summed E-state index contributed by atoms with van der Waals surface area (Å²) in [5, 5.41) is 34.9. The number of H-pyrrole nitrogens is 4. The van der Waals surface area contributed by atoms with Gasteiger partial charge in [-0.1, -0.05) is 146 Å². The van der Waals surface area contributed by atoms with Crippen molar-refractivity contribution in [2.24, 2.45) is 42.8 Å². The Balaban J connectivity index is 0.000000146. The number of anilines is 3. The highest BCUT2D eigenvalue weighted by atomic mass is 35.5. The lowest BCUT2D eigenvalue weighted by Crippen LogP contribution is -2.37. The number of aromatic amines is 4. The van der Waals surface area contributed by atoms with Gasteiger partial charge in [-0.15, -0.1) is 22.7 Å². The summed E-state index contributed by atoms with van der Waals surface area (Å²) >= 11 is 9.70. The number of unbranched alkanes of at least 4 members (excludes halogenated alkanes) is 12. The number of thiophene rings is 2. The summed E-state index contributed by atoms with van der Waals surface area (Å²) in [6, 6.07) is 39.5. The Bertz CT molecular complexity index is 7080. The molecular weight excluding hydrogens is 1940 g/mol. The molecule has 0 atom stereocenters. The number of carbonyl (C=O) groups excluding carboxylic acids is 4. The Morgan fingerprint density at radius 2 is 0.855 bits per heavy atom. The topological polar surface area (TPSA) is 402 Å². The minimum absolute atomic E-state index is 0.0465. The maximum absolute atomic E-state index is 15.1. The number of hydrogen-bond acceptors (Lipinski definition) is 24. The van der Waals surface area contributed by atoms with Gasteiger partial charge in [0.05, 0.1) is 53.7 Å². The summed E-state index contributed by atoms with van der Waals surface area (Å²) in [6.45, 7) is 16.0. The molecule has 11 heterocycles. The van der Waals surface area contributed by atoms with Crippen LogP contribution in [0.4, 0.5) is 34.6 Å². The Morgan fingerprint density at radius 3 is 1.28 bits per heavy atom. The Morgan fingerprint density at radius 1 is 0.448 bits per heavy atom. The zero-order chi connectivity index (χ0) is 102. The van der Waals surface area contributed by atoms with Crippen LogP contribution in [-0.4, -0.2) is 123 Å². The zero-order valence-electron chi connectivity index (χ0n) is 81.6. The van der Waals surface area contributed by atoms with Crippen LogP contribution < -0.4 is 60.9 Å². The van der Waals surface area contributed by atoms with E-state index in [-0.39, 0.29) is 94.5 Å². The van der Waals surface area contributed by atoms with E-state index in [1.807, 2.05) is 90.5 Å². The van der Waals surface area contributed by atoms with Crippen LogP contribution in [0.2, 0.25) is 5.02 Å². The summed E-state index contributed by atoms with van der Waals surface area (Å²) < 4.78 is 111. The van der Waals surface area contributed by atoms with E-state index in [4.69, 9.17) is 30.5 Å². The third-order valence-electron chi connectivity index (χ3n) is 24.8. The van der Waals surface area contributed by atoms with Gasteiger partial charge < -0.3 is 38.9 Å². The monoisotopic (exact) mass is 2060 g/mol. The minimum atomic E-state index is -4.78. The molecule has 0 radical (unpaired) electrons. The number of amides is 4. The number of ether oxygens (including phenoxy) is 4. The average Bonchev–Trinajstić information content (AvgIpc) is 1.74. The quantitative estimate of drug-likeness (QED) is 0.0175. The van der Waals surface area contributed by atoms with E-state index >= 15 is 4.39 Å². The number of hydrogen-bond donors (Lipinski definition) is 5. The number of nitrogens with one attached hydrogen (secondary N) is 5. The van der Waals surface area contributed by atoms with Gasteiger partial charge in [0.25, 0.3) is 45.9 Å². The lowest BCUT2D eigenvalue weighted by molar-refractivity contribution is -0.137. The maximum Gasteiger partial charge on any atom is 0.417 e. The summed E-state index contributed by atoms with van der Waals surface area (Å²) in [5.41, 5.74) is 1.43. The number of rotatable bonds is 44. The highest BCUT2D eigenvalue weighted by Crippen LogP contribution is 2.45. The normalized spacial score (nSPS) is 14.3. The predicted molar refractivity (Wildman–Crippen MR) is 553 cm³/mol. The number of benzene rings is 4. The van der Waals surface area contributed by atoms with Gasteiger partial charge in [0.15, 0.2) is 0 Å². The molecule has 764 valence electrons. The largest absolute Gasteiger partial charge is 0.494 e. The highest BCUT2D eigenvalue weighted by molar-refractivity contribution is 7.91. The van der Waals surface area contributed by atoms with Crippen LogP contribution in [0.5, 0.6) is 23.0 Å². The van der Waals surface area contributed by atoms with Gasteiger partial charge in [0.1, 0.15) is 76.8 Å². The lowest BCUT2D eigenvalue weighted by Gasteiger charge is -2.17. The van der Waals surface area contributed by atoms with Crippen LogP contribution in [0.1, 0.15) is 208 Å². The third kappa shape index (κ3) is 27.5. The Kier molecular flexibility index (Phi) is 35.9. The zero-order valence-corrected chi connectivity index (χ0v) is 84.8. The van der Waals surface area contributed by atoms with Crippen molar-refractivity contribution in [3.8, 4) is 111 Å². The second kappa shape index (κ2) is 49.3. The fourth-order valence-electron chi connectivity index (χ4n) is 16.5. The van der Waals surface area contributed by atoms with Crippen molar-refractivity contribution in [2.45, 2.75) is 220 Å². The molecule has 145 heavy (non-hydrogen) atoms. The fraction of sp³-hybridized carbons (Fsp3) is 0.410. The molecule has 12 aromatic rings. The van der Waals surface area contributed by atoms with Gasteiger partial charge >= 0.3 is 6.18 Å². The second-order valence-corrected chi connectivity index (χ2v) is 40.9. The van der Waals surface area contributed by atoms with Gasteiger partial charge in [-0.3, -0.25) is 47.7 Å². The van der Waals surface area contributed by atoms with Crippen LogP contribution in [-0.2, 0) is 56.5 Å². The SMILES string of the molecule is CCCCCCOc1ccc(-c2cc(-c3ccc(CC)s3)c(N3N=NCC3=O)c(=O)[nH]2)c(F)c1.CCCCCCOc1ccc(-c2cc(-c3ccc(CC)s3)c(N3N=NCC3=O)c(=O)[nH]2)cc1.CCCCCCOc1ccc(-c2cc(-c3ccn(CC4CC4)n3)c(C(=O)NS(=O)(=O)C3CC3)c(=O)[nH]2)c(C(F)(F)F)c1.CCCCCCOc1ccc(-c2cc(-c3nn(CC4CC4)cc3Cl)c(N3N=NCC3=O)c(=O)[nH]2)cc1. The molecule has 4 amide bonds. The van der Waals surface area contributed by atoms with E-state index < -0.39 is 66.9 Å². The number of carbonyl (C=O) groups is 4. The number of sulfonamides is 1. The molecule has 0 saturated heterocycles. The maximum atomic E-state index is 15.1. The van der Waals surface area contributed by atoms with Gasteiger partial charge in [0.2, 0.25) is 10.0 Å². The van der Waals surface area contributed by atoms with E-state index in [0.29, 0.717) is 108 Å². The molecule has 3 fully saturated rings. The standard InChI is InChI=1S/C29H33F3N4O5S.C26H29ClN6O3.C25H27FN4O3S.C25H28N4O3S/c1-2-3-4-5-14-41-19-8-11-21(23(15-19)29(30,31)32)25-16-22(24-12-13-36(34-24)17-18-6-7-18)26(27(37)33-25)28(38)35-42(39,40)20-9-10-20;1-2-3-4-5-12-36-19-10-8-18(9-11-19)22-13-20(24-21(27)16-32(30-24)15-17-6-7-17)25(26(35)29-22)33-23(34)14-28-31-33;1-3-5-6-7-12-33-16-8-10-18(20(26)13-16)21-14-19(22-11-9-17(4-2)34-22)24(25(32)28-21)30-23(31)15-27-29-30;1-3-5-6-7-14-32-18-10-8-17(9-11-18)21-15-20(22-13-12-19(4-2)33-22)24(25(31)27-21)29-23(30)16-26-28-29/h8,11-13,15-16,18,20H,2-7,9-10,14,17H2,1H3,(H,33,37)(H,35,38);8-11,13,16-17H,2-7,12,14-15H2,1H3,(H,29,35);8-11,13-14H,3-7,12,15H2,1-2H3,(H,28,32);8-13,15H,3-7,14,16H2,1-2H3,(H,27,31). The molecule has 32 nitrogen and oxygen atoms in total. The van der Waals surface area contributed by atoms with Crippen molar-refractivity contribution in [3.63, 3.8) is 0 Å². The first-order valence-corrected chi connectivity index (χ1v) is 53.1. The first-order chi connectivity index (χ1) is 70.1. The van der Waals surface area contributed by atoms with Crippen LogP contribution in [0.25, 0.3) is 88.4 Å². The number of alkyl halides is 3. The molecule has 0 spiro atoms. The Labute approximate surface area is 848 Å². The van der Waals surface area contributed by atoms with E-state index in [2.05, 4.69) is 95.8 Å². The van der Waals surface area contributed by atoms with Gasteiger partial charge in [-0.25, -0.2) is 17.5 Å². The van der Waals surface area contributed by atoms with Crippen molar-refractivity contribution in [1.82, 2.24) is 44.2 Å². The predicted octanol–water partition coefficient (Wildman–Crippen LogP) is 23.3. The van der Waals surface area contributed by atoms with Crippen molar-refractivity contribution < 1.29 is 64.1 Å². The van der Waals surface area contributed by atoms with Gasteiger partial charge in [-0.2, -0.15) is 53.7 Å². The van der Waals surface area contributed by atoms with Crippen LogP contribution in [0.15, 0.2) is 202 Å². The molecule has 40 heteroatoms. The summed E-state index contributed by atoms with van der Waals surface area (Å²) in [7, 11) is -4.00. The van der Waals surface area contributed by atoms with Crippen LogP contribution in [0, 0.1) is 17.7 Å². The van der Waals surface area contributed by atoms with E-state index in [0.717, 1.165) is 155 Å². The van der Waals surface area contributed by atoms with E-state index in [9.17, 15) is 59.9 Å². The number of pyridine rings is 4. The molecule has 6 aliphatic rings. The molecule has 18 rings (SSSR count). The van der Waals surface area contributed by atoms with Crippen molar-refractivity contribution in [3.05, 3.63) is 225 Å². The van der Waals surface area contributed by atoms with Crippen molar-refractivity contribution >= 4 is 85.0 Å². The van der Waals surface area contributed by atoms with E-state index in [1.165, 1.54) is 85.4 Å². The minimum Gasteiger partial charge on any atom is -0.494 e. The van der Waals surface area contributed by atoms with Gasteiger partial charge in [-0.05, 0) is 233 Å². The Hall–Kier alpha value is -13.7. The first-order valence-electron chi connectivity index (χ1n) is 49.6.